The van der Waals surface area contributed by atoms with Crippen molar-refractivity contribution in [2.24, 2.45) is 22.1 Å². The second-order valence-corrected chi connectivity index (χ2v) is 5.79. The molecule has 1 aromatic rings. The zero-order valence-electron chi connectivity index (χ0n) is 11.9. The molecule has 0 radical (unpaired) electrons. The van der Waals surface area contributed by atoms with Crippen LogP contribution in [0.1, 0.15) is 37.9 Å². The summed E-state index contributed by atoms with van der Waals surface area (Å²) in [5, 5.41) is 19.2. The molecule has 0 aromatic carbocycles. The fourth-order valence-electron chi connectivity index (χ4n) is 3.10. The average molecular weight is 289 g/mol. The van der Waals surface area contributed by atoms with E-state index in [1.54, 1.807) is 6.07 Å². The van der Waals surface area contributed by atoms with Crippen molar-refractivity contribution < 1.29 is 9.34 Å². The lowest BCUT2D eigenvalue weighted by Gasteiger charge is -2.17. The fourth-order valence-corrected chi connectivity index (χ4v) is 3.10. The van der Waals surface area contributed by atoms with Gasteiger partial charge < -0.3 is 4.42 Å². The Bertz CT molecular complexity index is 570. The zero-order chi connectivity index (χ0) is 14.7. The molecule has 1 aliphatic carbocycles. The minimum absolute atomic E-state index is 0.185. The van der Waals surface area contributed by atoms with Gasteiger partial charge in [0, 0.05) is 18.3 Å². The van der Waals surface area contributed by atoms with E-state index in [1.165, 1.54) is 31.7 Å². The van der Waals surface area contributed by atoms with Crippen LogP contribution in [0.5, 0.6) is 0 Å². The molecule has 3 rings (SSSR count). The maximum Gasteiger partial charge on any atom is 0.433 e. The summed E-state index contributed by atoms with van der Waals surface area (Å²) < 4.78 is 5.19. The van der Waals surface area contributed by atoms with Crippen molar-refractivity contribution >= 4 is 5.88 Å². The van der Waals surface area contributed by atoms with Crippen LogP contribution in [0.25, 0.3) is 0 Å². The standard InChI is InChI=1S/C15H19N3O3/c19-18(20)15-8-7-13(21-15)6-5-11-9-14(17-16-10-11)12-3-1-2-4-12/h7-9,11-12H,1-6,10H2. The topological polar surface area (TPSA) is 81.0 Å². The minimum Gasteiger partial charge on any atom is -0.406 e. The number of furan rings is 1. The smallest absolute Gasteiger partial charge is 0.406 e. The van der Waals surface area contributed by atoms with Gasteiger partial charge >= 0.3 is 5.88 Å². The van der Waals surface area contributed by atoms with Crippen LogP contribution < -0.4 is 0 Å². The summed E-state index contributed by atoms with van der Waals surface area (Å²) in [6, 6.07) is 3.10. The molecule has 1 aliphatic heterocycles. The highest BCUT2D eigenvalue weighted by atomic mass is 16.6. The van der Waals surface area contributed by atoms with Gasteiger partial charge in [-0.25, -0.2) is 0 Å². The number of nitro groups is 1. The first kappa shape index (κ1) is 14.0. The van der Waals surface area contributed by atoms with Crippen LogP contribution in [-0.2, 0) is 6.42 Å². The third kappa shape index (κ3) is 3.37. The number of aryl methyl sites for hydroxylation is 1. The Labute approximate surface area is 123 Å². The zero-order valence-corrected chi connectivity index (χ0v) is 11.9. The minimum atomic E-state index is -0.504. The molecule has 1 saturated carbocycles. The van der Waals surface area contributed by atoms with E-state index in [4.69, 9.17) is 4.42 Å². The van der Waals surface area contributed by atoms with Crippen LogP contribution in [-0.4, -0.2) is 11.5 Å². The summed E-state index contributed by atoms with van der Waals surface area (Å²) in [5.41, 5.74) is 1.15. The molecule has 0 N–H and O–H groups in total. The molecule has 6 nitrogen and oxygen atoms in total. The van der Waals surface area contributed by atoms with E-state index in [0.29, 0.717) is 30.6 Å². The Kier molecular flexibility index (Phi) is 4.13. The highest BCUT2D eigenvalue weighted by Crippen LogP contribution is 2.34. The molecule has 2 aliphatic rings. The first-order valence-electron chi connectivity index (χ1n) is 7.54. The molecule has 2 heterocycles. The Morgan fingerprint density at radius 1 is 1.33 bits per heavy atom. The van der Waals surface area contributed by atoms with Gasteiger partial charge in [0.1, 0.15) is 10.7 Å². The van der Waals surface area contributed by atoms with Crippen molar-refractivity contribution in [3.8, 4) is 0 Å². The van der Waals surface area contributed by atoms with Gasteiger partial charge in [0.05, 0.1) is 18.3 Å². The van der Waals surface area contributed by atoms with Crippen LogP contribution in [0.2, 0.25) is 0 Å². The van der Waals surface area contributed by atoms with Crippen molar-refractivity contribution in [3.05, 3.63) is 39.8 Å². The molecule has 1 atom stereocenters. The van der Waals surface area contributed by atoms with Gasteiger partial charge in [-0.1, -0.05) is 18.9 Å². The summed E-state index contributed by atoms with van der Waals surface area (Å²) in [6.45, 7) is 0.707. The van der Waals surface area contributed by atoms with E-state index >= 15 is 0 Å². The monoisotopic (exact) mass is 289 g/mol. The maximum atomic E-state index is 10.6. The number of azo groups is 1. The summed E-state index contributed by atoms with van der Waals surface area (Å²) in [6.07, 6.45) is 8.86. The van der Waals surface area contributed by atoms with Gasteiger partial charge in [0.2, 0.25) is 0 Å². The van der Waals surface area contributed by atoms with Gasteiger partial charge in [-0.05, 0) is 25.3 Å². The van der Waals surface area contributed by atoms with Gasteiger partial charge in [0.25, 0.3) is 0 Å². The molecule has 1 aromatic heterocycles. The Morgan fingerprint density at radius 2 is 2.14 bits per heavy atom. The molecule has 1 unspecified atom stereocenters. The van der Waals surface area contributed by atoms with Gasteiger partial charge in [-0.2, -0.15) is 10.2 Å². The highest BCUT2D eigenvalue weighted by Gasteiger charge is 2.23. The predicted molar refractivity (Wildman–Crippen MR) is 76.9 cm³/mol. The first-order valence-corrected chi connectivity index (χ1v) is 7.54. The normalized spacial score (nSPS) is 22.5. The van der Waals surface area contributed by atoms with E-state index in [2.05, 4.69) is 16.3 Å². The first-order chi connectivity index (χ1) is 10.2. The third-order valence-electron chi connectivity index (χ3n) is 4.27. The van der Waals surface area contributed by atoms with Crippen LogP contribution in [0.4, 0.5) is 5.88 Å². The van der Waals surface area contributed by atoms with E-state index in [1.807, 2.05) is 0 Å². The Hall–Kier alpha value is -1.98. The third-order valence-corrected chi connectivity index (χ3v) is 4.27. The number of hydrogen-bond donors (Lipinski definition) is 0. The van der Waals surface area contributed by atoms with Crippen molar-refractivity contribution in [3.63, 3.8) is 0 Å². The molecule has 0 bridgehead atoms. The summed E-state index contributed by atoms with van der Waals surface area (Å²) >= 11 is 0. The Morgan fingerprint density at radius 3 is 2.86 bits per heavy atom. The number of rotatable bonds is 5. The molecule has 0 spiro atoms. The molecule has 112 valence electrons. The number of hydrogen-bond acceptors (Lipinski definition) is 5. The second-order valence-electron chi connectivity index (χ2n) is 5.79. The van der Waals surface area contributed by atoms with Gasteiger partial charge in [-0.3, -0.25) is 10.1 Å². The quantitative estimate of drug-likeness (QED) is 0.599. The lowest BCUT2D eigenvalue weighted by atomic mass is 9.95. The van der Waals surface area contributed by atoms with Crippen molar-refractivity contribution in [2.45, 2.75) is 38.5 Å². The lowest BCUT2D eigenvalue weighted by molar-refractivity contribution is -0.402. The van der Waals surface area contributed by atoms with Crippen LogP contribution >= 0.6 is 0 Å². The maximum absolute atomic E-state index is 10.6. The second kappa shape index (κ2) is 6.20. The number of allylic oxidation sites excluding steroid dienone is 1. The van der Waals surface area contributed by atoms with Crippen LogP contribution in [0, 0.1) is 22.0 Å². The largest absolute Gasteiger partial charge is 0.433 e. The van der Waals surface area contributed by atoms with Crippen molar-refractivity contribution in [1.82, 2.24) is 0 Å². The predicted octanol–water partition coefficient (Wildman–Crippen LogP) is 4.28. The highest BCUT2D eigenvalue weighted by molar-refractivity contribution is 5.18. The molecule has 21 heavy (non-hydrogen) atoms. The van der Waals surface area contributed by atoms with Crippen molar-refractivity contribution in [2.75, 3.05) is 6.54 Å². The average Bonchev–Trinajstić information content (AvgIpc) is 3.17. The molecule has 0 amide bonds. The molecular formula is C15H19N3O3. The van der Waals surface area contributed by atoms with E-state index in [0.717, 1.165) is 12.1 Å². The van der Waals surface area contributed by atoms with Gasteiger partial charge in [-0.15, -0.1) is 0 Å². The van der Waals surface area contributed by atoms with Crippen LogP contribution in [0.15, 0.2) is 38.6 Å². The lowest BCUT2D eigenvalue weighted by Crippen LogP contribution is -2.10. The van der Waals surface area contributed by atoms with E-state index < -0.39 is 4.92 Å². The molecule has 6 heteroatoms. The number of nitrogens with zero attached hydrogens (tertiary/aromatic N) is 3. The van der Waals surface area contributed by atoms with Crippen molar-refractivity contribution in [1.29, 1.82) is 0 Å². The molecular weight excluding hydrogens is 270 g/mol. The molecule has 0 saturated heterocycles. The summed E-state index contributed by atoms with van der Waals surface area (Å²) in [4.78, 5) is 10.1. The SMILES string of the molecule is O=[N+]([O-])c1ccc(CCC2C=C(C3CCCC3)N=NC2)o1. The van der Waals surface area contributed by atoms with E-state index in [-0.39, 0.29) is 5.88 Å². The molecule has 1 fully saturated rings. The summed E-state index contributed by atoms with van der Waals surface area (Å²) in [7, 11) is 0. The summed E-state index contributed by atoms with van der Waals surface area (Å²) in [5.74, 6) is 1.43. The van der Waals surface area contributed by atoms with E-state index in [9.17, 15) is 10.1 Å². The van der Waals surface area contributed by atoms with Gasteiger partial charge in [0.15, 0.2) is 0 Å². The fraction of sp³-hybridized carbons (Fsp3) is 0.600. The Balaban J connectivity index is 1.57. The van der Waals surface area contributed by atoms with Crippen LogP contribution in [0.3, 0.4) is 0 Å².